The maximum Gasteiger partial charge on any atom is 0.418 e. The summed E-state index contributed by atoms with van der Waals surface area (Å²) < 4.78 is 57.3. The Labute approximate surface area is 201 Å². The molecule has 1 fully saturated rings. The molecule has 1 aliphatic heterocycles. The van der Waals surface area contributed by atoms with Crippen molar-refractivity contribution in [1.82, 2.24) is 19.9 Å². The Morgan fingerprint density at radius 3 is 2.49 bits per heavy atom. The predicted molar refractivity (Wildman–Crippen MR) is 124 cm³/mol. The number of pyridine rings is 1. The summed E-state index contributed by atoms with van der Waals surface area (Å²) in [6.45, 7) is 5.79. The first-order valence-electron chi connectivity index (χ1n) is 10.4. The number of carbonyl (C=O) groups is 1. The van der Waals surface area contributed by atoms with Crippen LogP contribution in [0.2, 0.25) is 5.02 Å². The van der Waals surface area contributed by atoms with E-state index in [-0.39, 0.29) is 52.1 Å². The minimum absolute atomic E-state index is 0.0912. The summed E-state index contributed by atoms with van der Waals surface area (Å²) in [5.74, 6) is -1.61. The molecule has 1 aromatic carbocycles. The average molecular weight is 511 g/mol. The molecule has 13 heteroatoms. The molecule has 1 saturated heterocycles. The number of nitrogens with two attached hydrogens (primary N) is 1. The fourth-order valence-corrected chi connectivity index (χ4v) is 4.45. The minimum Gasteiger partial charge on any atom is -0.384 e. The molecular formula is C22H19ClF4N6O2. The smallest absolute Gasteiger partial charge is 0.384 e. The molecule has 3 heterocycles. The Kier molecular flexibility index (Phi) is 6.18. The third kappa shape index (κ3) is 4.41. The van der Waals surface area contributed by atoms with Crippen molar-refractivity contribution in [3.05, 3.63) is 57.2 Å². The van der Waals surface area contributed by atoms with Crippen molar-refractivity contribution in [1.29, 1.82) is 0 Å². The standard InChI is InChI=1S/C22H19ClF4N6O2/c1-3-14(34)32-4-6-33(7-5-32)20-11-9-12(23)15(17(24)18(11)30-21(35)31-20)19-16(22(25,26)27)10(2)8-13(28)29-19/h3,8-9H,1,4-7H2,2H3,(H2,28,29)(H,30,31,35). The lowest BCUT2D eigenvalue weighted by molar-refractivity contribution is -0.137. The number of benzene rings is 1. The van der Waals surface area contributed by atoms with Gasteiger partial charge in [-0.05, 0) is 30.7 Å². The molecule has 1 amide bonds. The topological polar surface area (TPSA) is 108 Å². The Morgan fingerprint density at radius 1 is 1.23 bits per heavy atom. The number of aromatic nitrogens is 3. The van der Waals surface area contributed by atoms with Crippen LogP contribution in [0.5, 0.6) is 0 Å². The van der Waals surface area contributed by atoms with Crippen LogP contribution in [0.25, 0.3) is 22.2 Å². The molecule has 0 spiro atoms. The van der Waals surface area contributed by atoms with Gasteiger partial charge in [0.05, 0.1) is 27.4 Å². The molecule has 2 aromatic heterocycles. The molecular weight excluding hydrogens is 492 g/mol. The van der Waals surface area contributed by atoms with E-state index in [1.807, 2.05) is 0 Å². The van der Waals surface area contributed by atoms with Gasteiger partial charge >= 0.3 is 11.9 Å². The third-order valence-electron chi connectivity index (χ3n) is 5.72. The number of aromatic amines is 1. The van der Waals surface area contributed by atoms with E-state index in [0.29, 0.717) is 13.1 Å². The highest BCUT2D eigenvalue weighted by Gasteiger charge is 2.38. The van der Waals surface area contributed by atoms with Crippen molar-refractivity contribution in [2.24, 2.45) is 0 Å². The second-order valence-corrected chi connectivity index (χ2v) is 8.34. The number of nitrogens with zero attached hydrogens (tertiary/aromatic N) is 4. The van der Waals surface area contributed by atoms with Crippen LogP contribution in [-0.4, -0.2) is 51.9 Å². The molecule has 8 nitrogen and oxygen atoms in total. The number of hydrogen-bond acceptors (Lipinski definition) is 6. The lowest BCUT2D eigenvalue weighted by Gasteiger charge is -2.35. The van der Waals surface area contributed by atoms with Gasteiger partial charge in [-0.2, -0.15) is 18.2 Å². The van der Waals surface area contributed by atoms with Gasteiger partial charge in [-0.3, -0.25) is 4.79 Å². The van der Waals surface area contributed by atoms with Crippen LogP contribution < -0.4 is 16.3 Å². The van der Waals surface area contributed by atoms with E-state index in [1.54, 1.807) is 9.80 Å². The van der Waals surface area contributed by atoms with Gasteiger partial charge in [0.1, 0.15) is 11.6 Å². The number of aryl methyl sites for hydroxylation is 1. The fraction of sp³-hybridized carbons (Fsp3) is 0.273. The summed E-state index contributed by atoms with van der Waals surface area (Å²) in [5, 5.41) is -0.276. The Hall–Kier alpha value is -3.67. The van der Waals surface area contributed by atoms with Gasteiger partial charge in [0.2, 0.25) is 5.91 Å². The van der Waals surface area contributed by atoms with E-state index >= 15 is 4.39 Å². The highest BCUT2D eigenvalue weighted by atomic mass is 35.5. The Morgan fingerprint density at radius 2 is 1.89 bits per heavy atom. The first-order chi connectivity index (χ1) is 16.4. The fourth-order valence-electron chi connectivity index (χ4n) is 4.17. The van der Waals surface area contributed by atoms with Crippen LogP contribution in [0.3, 0.4) is 0 Å². The molecule has 35 heavy (non-hydrogen) atoms. The number of piperazine rings is 1. The highest BCUT2D eigenvalue weighted by Crippen LogP contribution is 2.44. The van der Waals surface area contributed by atoms with E-state index < -0.39 is 34.5 Å². The molecule has 3 aromatic rings. The number of alkyl halides is 3. The van der Waals surface area contributed by atoms with Gasteiger partial charge in [0.15, 0.2) is 5.82 Å². The SMILES string of the molecule is C=CC(=O)N1CCN(c2nc(=O)[nH]c3c(F)c(-c4nc(N)cc(C)c4C(F)(F)F)c(Cl)cc23)CC1. The number of halogens is 5. The second-order valence-electron chi connectivity index (χ2n) is 7.94. The van der Waals surface area contributed by atoms with Gasteiger partial charge in [0.25, 0.3) is 0 Å². The largest absolute Gasteiger partial charge is 0.418 e. The molecule has 0 saturated carbocycles. The lowest BCUT2D eigenvalue weighted by Crippen LogP contribution is -2.49. The lowest BCUT2D eigenvalue weighted by atomic mass is 9.99. The van der Waals surface area contributed by atoms with Gasteiger partial charge in [-0.1, -0.05) is 18.2 Å². The van der Waals surface area contributed by atoms with Crippen LogP contribution in [-0.2, 0) is 11.0 Å². The van der Waals surface area contributed by atoms with Gasteiger partial charge in [-0.25, -0.2) is 14.2 Å². The number of fused-ring (bicyclic) bond motifs is 1. The molecule has 4 rings (SSSR count). The summed E-state index contributed by atoms with van der Waals surface area (Å²) in [4.78, 5) is 37.3. The van der Waals surface area contributed by atoms with Crippen LogP contribution in [0.15, 0.2) is 29.6 Å². The number of amides is 1. The van der Waals surface area contributed by atoms with Crippen molar-refractivity contribution in [3.8, 4) is 11.3 Å². The first-order valence-corrected chi connectivity index (χ1v) is 10.7. The molecule has 1 aliphatic rings. The van der Waals surface area contributed by atoms with Crippen molar-refractivity contribution < 1.29 is 22.4 Å². The number of rotatable bonds is 3. The number of nitrogen functional groups attached to an aromatic ring is 1. The van der Waals surface area contributed by atoms with Crippen LogP contribution >= 0.6 is 11.6 Å². The maximum absolute atomic E-state index is 15.8. The third-order valence-corrected chi connectivity index (χ3v) is 6.02. The van der Waals surface area contributed by atoms with E-state index in [4.69, 9.17) is 17.3 Å². The first kappa shape index (κ1) is 24.5. The molecule has 0 aliphatic carbocycles. The number of anilines is 2. The minimum atomic E-state index is -4.87. The van der Waals surface area contributed by atoms with Crippen molar-refractivity contribution in [3.63, 3.8) is 0 Å². The zero-order chi connectivity index (χ0) is 25.7. The number of H-pyrrole nitrogens is 1. The summed E-state index contributed by atoms with van der Waals surface area (Å²) in [5.41, 5.74) is 1.50. The van der Waals surface area contributed by atoms with E-state index in [2.05, 4.69) is 21.5 Å². The van der Waals surface area contributed by atoms with Crippen molar-refractivity contribution in [2.75, 3.05) is 36.8 Å². The molecule has 0 unspecified atom stereocenters. The average Bonchev–Trinajstić information content (AvgIpc) is 2.77. The monoisotopic (exact) mass is 510 g/mol. The number of carbonyl (C=O) groups excluding carboxylic acids is 1. The summed E-state index contributed by atoms with van der Waals surface area (Å²) in [6.07, 6.45) is -3.68. The van der Waals surface area contributed by atoms with Crippen LogP contribution in [0, 0.1) is 12.7 Å². The molecule has 0 atom stereocenters. The second kappa shape index (κ2) is 8.84. The highest BCUT2D eigenvalue weighted by molar-refractivity contribution is 6.34. The molecule has 3 N–H and O–H groups in total. The summed E-state index contributed by atoms with van der Waals surface area (Å²) in [6, 6.07) is 2.26. The Bertz CT molecular complexity index is 1410. The predicted octanol–water partition coefficient (Wildman–Crippen LogP) is 3.52. The van der Waals surface area contributed by atoms with Crippen LogP contribution in [0.1, 0.15) is 11.1 Å². The van der Waals surface area contributed by atoms with E-state index in [1.165, 1.54) is 19.1 Å². The van der Waals surface area contributed by atoms with E-state index in [0.717, 1.165) is 6.07 Å². The van der Waals surface area contributed by atoms with Crippen molar-refractivity contribution >= 4 is 40.0 Å². The van der Waals surface area contributed by atoms with Gasteiger partial charge < -0.3 is 20.5 Å². The summed E-state index contributed by atoms with van der Waals surface area (Å²) in [7, 11) is 0. The van der Waals surface area contributed by atoms with Gasteiger partial charge in [0, 0.05) is 31.6 Å². The quantitative estimate of drug-likeness (QED) is 0.412. The summed E-state index contributed by atoms with van der Waals surface area (Å²) >= 11 is 6.31. The molecule has 0 bridgehead atoms. The zero-order valence-electron chi connectivity index (χ0n) is 18.3. The van der Waals surface area contributed by atoms with Crippen molar-refractivity contribution in [2.45, 2.75) is 13.1 Å². The molecule has 184 valence electrons. The van der Waals surface area contributed by atoms with Crippen LogP contribution in [0.4, 0.5) is 29.2 Å². The van der Waals surface area contributed by atoms with E-state index in [9.17, 15) is 22.8 Å². The van der Waals surface area contributed by atoms with Gasteiger partial charge in [-0.15, -0.1) is 0 Å². The maximum atomic E-state index is 15.8. The number of nitrogens with one attached hydrogen (secondary N) is 1. The zero-order valence-corrected chi connectivity index (χ0v) is 19.1. The molecule has 0 radical (unpaired) electrons. The Balaban J connectivity index is 1.90. The number of hydrogen-bond donors (Lipinski definition) is 2. The normalized spacial score (nSPS) is 14.5.